The molecule has 0 aliphatic carbocycles. The number of hydrogen-bond donors (Lipinski definition) is 1. The summed E-state index contributed by atoms with van der Waals surface area (Å²) in [5.74, 6) is 0.373. The minimum absolute atomic E-state index is 0.0718. The Kier molecular flexibility index (Phi) is 7.02. The molecule has 0 unspecified atom stereocenters. The van der Waals surface area contributed by atoms with Gasteiger partial charge in [0.1, 0.15) is 0 Å². The van der Waals surface area contributed by atoms with Gasteiger partial charge in [-0.25, -0.2) is 0 Å². The first-order chi connectivity index (χ1) is 17.8. The molecule has 2 heterocycles. The van der Waals surface area contributed by atoms with Gasteiger partial charge in [0, 0.05) is 49.9 Å². The molecule has 3 aromatic carbocycles. The average Bonchev–Trinajstić information content (AvgIpc) is 3.36. The minimum Gasteiger partial charge on any atom is -0.338 e. The second kappa shape index (κ2) is 10.4. The van der Waals surface area contributed by atoms with Crippen molar-refractivity contribution in [1.82, 2.24) is 15.1 Å². The third-order valence-corrected chi connectivity index (χ3v) is 7.11. The number of likely N-dealkylation sites (tertiary alicyclic amines) is 2. The molecular weight excluding hydrogens is 479 g/mol. The number of nitrogens with zero attached hydrogens (tertiary/aromatic N) is 2. The summed E-state index contributed by atoms with van der Waals surface area (Å²) in [6.07, 6.45) is -3.44. The predicted molar refractivity (Wildman–Crippen MR) is 135 cm³/mol. The van der Waals surface area contributed by atoms with E-state index in [2.05, 4.69) is 5.32 Å². The van der Waals surface area contributed by atoms with E-state index in [0.717, 1.165) is 38.2 Å². The van der Waals surface area contributed by atoms with Crippen LogP contribution < -0.4 is 5.32 Å². The number of benzene rings is 3. The van der Waals surface area contributed by atoms with Crippen molar-refractivity contribution in [3.63, 3.8) is 0 Å². The number of amides is 2. The molecule has 2 aliphatic rings. The van der Waals surface area contributed by atoms with Gasteiger partial charge in [0.15, 0.2) is 0 Å². The highest BCUT2D eigenvalue weighted by Crippen LogP contribution is 2.32. The van der Waals surface area contributed by atoms with E-state index in [-0.39, 0.29) is 17.9 Å². The summed E-state index contributed by atoms with van der Waals surface area (Å²) in [6, 6.07) is 21.4. The number of alkyl halides is 3. The van der Waals surface area contributed by atoms with Crippen LogP contribution in [0.1, 0.15) is 32.7 Å². The van der Waals surface area contributed by atoms with E-state index < -0.39 is 11.7 Å². The first-order valence-electron chi connectivity index (χ1n) is 12.4. The summed E-state index contributed by atoms with van der Waals surface area (Å²) >= 11 is 0. The molecule has 3 aromatic rings. The van der Waals surface area contributed by atoms with Crippen molar-refractivity contribution in [1.29, 1.82) is 0 Å². The number of rotatable bonds is 6. The van der Waals surface area contributed by atoms with Crippen LogP contribution in [0.25, 0.3) is 11.1 Å². The largest absolute Gasteiger partial charge is 0.416 e. The first-order valence-corrected chi connectivity index (χ1v) is 12.4. The minimum atomic E-state index is -4.40. The lowest BCUT2D eigenvalue weighted by atomic mass is 10.00. The summed E-state index contributed by atoms with van der Waals surface area (Å²) in [7, 11) is 0. The molecular formula is C29H28F3N3O2. The van der Waals surface area contributed by atoms with Gasteiger partial charge in [0.05, 0.1) is 5.56 Å². The van der Waals surface area contributed by atoms with Crippen molar-refractivity contribution in [3.8, 4) is 11.1 Å². The number of hydrogen-bond acceptors (Lipinski definition) is 3. The van der Waals surface area contributed by atoms with E-state index in [9.17, 15) is 22.8 Å². The Hall–Kier alpha value is -3.65. The lowest BCUT2D eigenvalue weighted by Crippen LogP contribution is -2.60. The maximum Gasteiger partial charge on any atom is 0.416 e. The van der Waals surface area contributed by atoms with Crippen LogP contribution in [0.15, 0.2) is 78.9 Å². The summed E-state index contributed by atoms with van der Waals surface area (Å²) in [4.78, 5) is 29.1. The van der Waals surface area contributed by atoms with Crippen LogP contribution in [0, 0.1) is 5.92 Å². The van der Waals surface area contributed by atoms with Gasteiger partial charge in [-0.15, -0.1) is 0 Å². The first kappa shape index (κ1) is 25.0. The molecule has 37 heavy (non-hydrogen) atoms. The van der Waals surface area contributed by atoms with E-state index in [0.29, 0.717) is 41.3 Å². The molecule has 1 atom stereocenters. The van der Waals surface area contributed by atoms with Crippen LogP contribution in [0.2, 0.25) is 0 Å². The normalized spacial score (nSPS) is 18.1. The van der Waals surface area contributed by atoms with E-state index in [1.165, 1.54) is 6.07 Å². The molecule has 5 nitrogen and oxygen atoms in total. The van der Waals surface area contributed by atoms with Crippen LogP contribution >= 0.6 is 0 Å². The maximum atomic E-state index is 13.0. The Balaban J connectivity index is 1.08. The quantitative estimate of drug-likeness (QED) is 0.514. The highest BCUT2D eigenvalue weighted by molar-refractivity contribution is 5.95. The Labute approximate surface area is 213 Å². The Morgan fingerprint density at radius 1 is 0.784 bits per heavy atom. The van der Waals surface area contributed by atoms with Crippen molar-refractivity contribution in [3.05, 3.63) is 95.6 Å². The van der Waals surface area contributed by atoms with Crippen LogP contribution in [-0.2, 0) is 6.18 Å². The zero-order valence-electron chi connectivity index (χ0n) is 20.2. The van der Waals surface area contributed by atoms with Crippen molar-refractivity contribution < 1.29 is 22.8 Å². The van der Waals surface area contributed by atoms with Crippen LogP contribution in [0.5, 0.6) is 0 Å². The Bertz CT molecular complexity index is 1260. The smallest absolute Gasteiger partial charge is 0.338 e. The summed E-state index contributed by atoms with van der Waals surface area (Å²) in [6.45, 7) is 3.50. The molecule has 0 aromatic heterocycles. The molecule has 1 N–H and O–H groups in total. The van der Waals surface area contributed by atoms with Gasteiger partial charge in [-0.3, -0.25) is 9.59 Å². The van der Waals surface area contributed by atoms with Crippen LogP contribution in [0.3, 0.4) is 0 Å². The van der Waals surface area contributed by atoms with Crippen molar-refractivity contribution in [2.24, 2.45) is 5.92 Å². The molecule has 0 spiro atoms. The molecule has 8 heteroatoms. The van der Waals surface area contributed by atoms with Crippen LogP contribution in [0.4, 0.5) is 13.2 Å². The molecule has 5 rings (SSSR count). The number of halogens is 3. The van der Waals surface area contributed by atoms with Crippen molar-refractivity contribution in [2.45, 2.75) is 18.6 Å². The number of carbonyl (C=O) groups excluding carboxylic acids is 2. The molecule has 0 saturated carbocycles. The van der Waals surface area contributed by atoms with Gasteiger partial charge < -0.3 is 15.1 Å². The lowest BCUT2D eigenvalue weighted by molar-refractivity contribution is -0.137. The summed E-state index contributed by atoms with van der Waals surface area (Å²) < 4.78 is 39.0. The fourth-order valence-corrected chi connectivity index (χ4v) is 4.92. The fraction of sp³-hybridized carbons (Fsp3) is 0.310. The van der Waals surface area contributed by atoms with Crippen molar-refractivity contribution >= 4 is 11.8 Å². The monoisotopic (exact) mass is 507 g/mol. The van der Waals surface area contributed by atoms with Gasteiger partial charge in [-0.1, -0.05) is 42.5 Å². The zero-order chi connectivity index (χ0) is 26.0. The van der Waals surface area contributed by atoms with Crippen LogP contribution in [-0.4, -0.2) is 60.4 Å². The van der Waals surface area contributed by atoms with E-state index >= 15 is 0 Å². The molecule has 2 aliphatic heterocycles. The van der Waals surface area contributed by atoms with Crippen molar-refractivity contribution in [2.75, 3.05) is 32.7 Å². The van der Waals surface area contributed by atoms with Gasteiger partial charge in [-0.2, -0.15) is 13.2 Å². The number of nitrogens with one attached hydrogen (secondary N) is 1. The highest BCUT2D eigenvalue weighted by atomic mass is 19.4. The van der Waals surface area contributed by atoms with Gasteiger partial charge >= 0.3 is 6.18 Å². The average molecular weight is 508 g/mol. The highest BCUT2D eigenvalue weighted by Gasteiger charge is 2.33. The number of carbonyl (C=O) groups is 2. The molecule has 2 saturated heterocycles. The third kappa shape index (κ3) is 5.69. The predicted octanol–water partition coefficient (Wildman–Crippen LogP) is 4.95. The molecule has 0 radical (unpaired) electrons. The summed E-state index contributed by atoms with van der Waals surface area (Å²) in [5.41, 5.74) is 1.62. The summed E-state index contributed by atoms with van der Waals surface area (Å²) in [5, 5.41) is 3.52. The van der Waals surface area contributed by atoms with E-state index in [1.54, 1.807) is 35.2 Å². The molecule has 2 fully saturated rings. The Morgan fingerprint density at radius 3 is 2.16 bits per heavy atom. The second-order valence-corrected chi connectivity index (χ2v) is 9.74. The molecule has 0 bridgehead atoms. The van der Waals surface area contributed by atoms with Gasteiger partial charge in [-0.05, 0) is 59.9 Å². The third-order valence-electron chi connectivity index (χ3n) is 7.11. The fourth-order valence-electron chi connectivity index (χ4n) is 4.92. The van der Waals surface area contributed by atoms with E-state index in [4.69, 9.17) is 0 Å². The maximum absolute atomic E-state index is 13.0. The SMILES string of the molecule is O=C(c1ccc(-c2cccc(C(F)(F)F)c2)cc1)N1CC(NC[C@H]2CCN(C(=O)c3ccccc3)C2)C1. The Morgan fingerprint density at radius 2 is 1.46 bits per heavy atom. The zero-order valence-corrected chi connectivity index (χ0v) is 20.2. The van der Waals surface area contributed by atoms with E-state index in [1.807, 2.05) is 35.2 Å². The molecule has 192 valence electrons. The van der Waals surface area contributed by atoms with Gasteiger partial charge in [0.25, 0.3) is 11.8 Å². The second-order valence-electron chi connectivity index (χ2n) is 9.74. The lowest BCUT2D eigenvalue weighted by Gasteiger charge is -2.40. The standard InChI is InChI=1S/C29H28F3N3O2/c30-29(31,32)25-8-4-7-24(15-25)21-9-11-23(12-10-21)28(37)35-18-26(19-35)33-16-20-13-14-34(17-20)27(36)22-5-2-1-3-6-22/h1-12,15,20,26,33H,13-14,16-19H2/t20-/m1/s1. The van der Waals surface area contributed by atoms with Gasteiger partial charge in [0.2, 0.25) is 0 Å². The topological polar surface area (TPSA) is 52.7 Å². The molecule has 2 amide bonds.